The predicted molar refractivity (Wildman–Crippen MR) is 103 cm³/mol. The van der Waals surface area contributed by atoms with Crippen molar-refractivity contribution in [2.45, 2.75) is 67.2 Å². The average Bonchev–Trinajstić information content (AvgIpc) is 2.64. The van der Waals surface area contributed by atoms with Gasteiger partial charge in [-0.3, -0.25) is 9.59 Å². The predicted octanol–water partition coefficient (Wildman–Crippen LogP) is 2.65. The van der Waals surface area contributed by atoms with Gasteiger partial charge in [0.25, 0.3) is 0 Å². The van der Waals surface area contributed by atoms with Crippen molar-refractivity contribution in [2.75, 3.05) is 0 Å². The Morgan fingerprint density at radius 2 is 0.867 bits per heavy atom. The Labute approximate surface area is 175 Å². The third-order valence-corrected chi connectivity index (χ3v) is 2.87. The van der Waals surface area contributed by atoms with Crippen LogP contribution in [0, 0.1) is 0 Å². The van der Waals surface area contributed by atoms with Crippen LogP contribution >= 0.6 is 0 Å². The maximum absolute atomic E-state index is 11.1. The first-order valence-corrected chi connectivity index (χ1v) is 9.10. The highest BCUT2D eigenvalue weighted by Crippen LogP contribution is 2.01. The maximum atomic E-state index is 11.1. The van der Waals surface area contributed by atoms with E-state index in [2.05, 4.69) is 19.6 Å². The molecule has 0 heterocycles. The number of allylic oxidation sites excluding steroid dienone is 2. The van der Waals surface area contributed by atoms with Crippen molar-refractivity contribution in [1.82, 2.24) is 0 Å². The number of rotatable bonds is 8. The third-order valence-electron chi connectivity index (χ3n) is 2.87. The summed E-state index contributed by atoms with van der Waals surface area (Å²) < 4.78 is 0. The van der Waals surface area contributed by atoms with E-state index in [-0.39, 0.29) is 11.6 Å². The highest BCUT2D eigenvalue weighted by atomic mass is 17.2. The molecule has 0 aliphatic heterocycles. The smallest absolute Gasteiger partial charge is 0.299 e. The van der Waals surface area contributed by atoms with Gasteiger partial charge in [0.05, 0.1) is 0 Å². The third kappa shape index (κ3) is 16.8. The van der Waals surface area contributed by atoms with Gasteiger partial charge in [-0.2, -0.15) is 0 Å². The average molecular weight is 428 g/mol. The van der Waals surface area contributed by atoms with Gasteiger partial charge in [-0.05, 0) is 40.5 Å². The standard InChI is InChI=1S/2C10H14O5/c2*1-4-5-7(2)10(13)15-14-9(12)6-8(3)11/h2*5H,4,6H2,1-3H3. The van der Waals surface area contributed by atoms with Gasteiger partial charge in [0, 0.05) is 11.1 Å². The molecule has 0 unspecified atom stereocenters. The zero-order valence-corrected chi connectivity index (χ0v) is 18.1. The lowest BCUT2D eigenvalue weighted by Gasteiger charge is -2.01. The summed E-state index contributed by atoms with van der Waals surface area (Å²) in [5.41, 5.74) is 0.709. The first-order chi connectivity index (χ1) is 13.9. The van der Waals surface area contributed by atoms with Gasteiger partial charge in [-0.1, -0.05) is 26.0 Å². The monoisotopic (exact) mass is 428 g/mol. The van der Waals surface area contributed by atoms with Gasteiger partial charge >= 0.3 is 23.9 Å². The van der Waals surface area contributed by atoms with Gasteiger partial charge in [-0.15, -0.1) is 0 Å². The van der Waals surface area contributed by atoms with Crippen LogP contribution in [0.1, 0.15) is 67.2 Å². The lowest BCUT2D eigenvalue weighted by atomic mass is 10.2. The van der Waals surface area contributed by atoms with Crippen molar-refractivity contribution < 1.29 is 48.3 Å². The number of hydrogen-bond donors (Lipinski definition) is 0. The summed E-state index contributed by atoms with van der Waals surface area (Å²) in [4.78, 5) is 81.4. The van der Waals surface area contributed by atoms with Crippen LogP contribution in [-0.2, 0) is 48.3 Å². The van der Waals surface area contributed by atoms with Crippen LogP contribution in [0.25, 0.3) is 0 Å². The largest absolute Gasteiger partial charge is 0.381 e. The molecule has 0 aliphatic carbocycles. The van der Waals surface area contributed by atoms with Crippen molar-refractivity contribution >= 4 is 35.4 Å². The number of Topliss-reactive ketones (excluding diaryl/α,β-unsaturated/α-hetero) is 2. The lowest BCUT2D eigenvalue weighted by molar-refractivity contribution is -0.255. The number of carbonyl (C=O) groups excluding carboxylic acids is 6. The van der Waals surface area contributed by atoms with Crippen LogP contribution in [0.5, 0.6) is 0 Å². The molecule has 0 aromatic heterocycles. The van der Waals surface area contributed by atoms with Gasteiger partial charge in [0.1, 0.15) is 24.4 Å². The molecule has 10 nitrogen and oxygen atoms in total. The molecule has 0 aliphatic rings. The minimum absolute atomic E-state index is 0.350. The maximum Gasteiger partial charge on any atom is 0.381 e. The molecule has 0 aromatic carbocycles. The Kier molecular flexibility index (Phi) is 16.0. The molecule has 0 aromatic rings. The summed E-state index contributed by atoms with van der Waals surface area (Å²) >= 11 is 0. The van der Waals surface area contributed by atoms with Crippen LogP contribution in [0.2, 0.25) is 0 Å². The SMILES string of the molecule is CCC=C(C)C(=O)OOC(=O)CC(C)=O.CCC=C(C)C(=O)OOC(=O)CC(C)=O. The van der Waals surface area contributed by atoms with Crippen molar-refractivity contribution in [1.29, 1.82) is 0 Å². The van der Waals surface area contributed by atoms with Crippen molar-refractivity contribution in [2.24, 2.45) is 0 Å². The van der Waals surface area contributed by atoms with Gasteiger partial charge < -0.3 is 0 Å². The highest BCUT2D eigenvalue weighted by molar-refractivity contribution is 5.95. The van der Waals surface area contributed by atoms with Crippen molar-refractivity contribution in [3.05, 3.63) is 23.3 Å². The fourth-order valence-corrected chi connectivity index (χ4v) is 1.54. The fraction of sp³-hybridized carbons (Fsp3) is 0.500. The van der Waals surface area contributed by atoms with Crippen LogP contribution in [0.3, 0.4) is 0 Å². The number of hydrogen-bond acceptors (Lipinski definition) is 10. The zero-order valence-electron chi connectivity index (χ0n) is 18.1. The summed E-state index contributed by atoms with van der Waals surface area (Å²) in [6, 6.07) is 0. The van der Waals surface area contributed by atoms with E-state index >= 15 is 0 Å². The number of carbonyl (C=O) groups is 6. The van der Waals surface area contributed by atoms with Crippen LogP contribution in [-0.4, -0.2) is 35.4 Å². The fourth-order valence-electron chi connectivity index (χ4n) is 1.54. The van der Waals surface area contributed by atoms with E-state index in [0.717, 1.165) is 0 Å². The Morgan fingerprint density at radius 1 is 0.567 bits per heavy atom. The molecule has 0 saturated heterocycles. The molecule has 10 heteroatoms. The van der Waals surface area contributed by atoms with Crippen molar-refractivity contribution in [3.8, 4) is 0 Å². The van der Waals surface area contributed by atoms with E-state index < -0.39 is 36.7 Å². The summed E-state index contributed by atoms with van der Waals surface area (Å²) in [6.45, 7) is 9.29. The van der Waals surface area contributed by atoms with Crippen LogP contribution in [0.4, 0.5) is 0 Å². The lowest BCUT2D eigenvalue weighted by Crippen LogP contribution is -2.14. The van der Waals surface area contributed by atoms with Gasteiger partial charge in [0.15, 0.2) is 0 Å². The highest BCUT2D eigenvalue weighted by Gasteiger charge is 2.13. The molecule has 0 bridgehead atoms. The molecule has 0 N–H and O–H groups in total. The molecule has 0 fully saturated rings. The molecule has 0 radical (unpaired) electrons. The molecule has 30 heavy (non-hydrogen) atoms. The van der Waals surface area contributed by atoms with E-state index in [4.69, 9.17) is 0 Å². The number of ketones is 2. The molecule has 0 amide bonds. The summed E-state index contributed by atoms with van der Waals surface area (Å²) in [5.74, 6) is -3.91. The van der Waals surface area contributed by atoms with E-state index in [1.54, 1.807) is 26.0 Å². The Bertz CT molecular complexity index is 640. The van der Waals surface area contributed by atoms with E-state index in [1.807, 2.05) is 13.8 Å². The molecule has 168 valence electrons. The molecular weight excluding hydrogens is 400 g/mol. The summed E-state index contributed by atoms with van der Waals surface area (Å²) in [5, 5.41) is 0. The minimum atomic E-state index is -0.875. The molecule has 0 saturated carbocycles. The van der Waals surface area contributed by atoms with Gasteiger partial charge in [-0.25, -0.2) is 38.7 Å². The summed E-state index contributed by atoms with van der Waals surface area (Å²) in [6.07, 6.45) is 3.85. The minimum Gasteiger partial charge on any atom is -0.299 e. The molecule has 0 rings (SSSR count). The topological polar surface area (TPSA) is 139 Å². The second kappa shape index (κ2) is 16.6. The van der Waals surface area contributed by atoms with E-state index in [1.165, 1.54) is 13.8 Å². The van der Waals surface area contributed by atoms with Crippen LogP contribution in [0.15, 0.2) is 23.3 Å². The molecular formula is C20H28O10. The first-order valence-electron chi connectivity index (χ1n) is 9.10. The Morgan fingerprint density at radius 3 is 1.10 bits per heavy atom. The zero-order chi connectivity index (χ0) is 23.7. The van der Waals surface area contributed by atoms with Gasteiger partial charge in [0.2, 0.25) is 0 Å². The Hall–Kier alpha value is -3.30. The first kappa shape index (κ1) is 28.9. The molecule has 0 atom stereocenters. The van der Waals surface area contributed by atoms with Crippen molar-refractivity contribution in [3.63, 3.8) is 0 Å². The normalized spacial score (nSPS) is 10.7. The Balaban J connectivity index is 0. The second-order valence-corrected chi connectivity index (χ2v) is 6.00. The quantitative estimate of drug-likeness (QED) is 0.245. The summed E-state index contributed by atoms with van der Waals surface area (Å²) in [7, 11) is 0. The van der Waals surface area contributed by atoms with E-state index in [9.17, 15) is 28.8 Å². The second-order valence-electron chi connectivity index (χ2n) is 6.00. The molecule has 0 spiro atoms. The van der Waals surface area contributed by atoms with Crippen LogP contribution < -0.4 is 0 Å². The van der Waals surface area contributed by atoms with E-state index in [0.29, 0.717) is 24.0 Å².